The number of thioether (sulfide) groups is 1. The molecule has 0 aliphatic rings. The summed E-state index contributed by atoms with van der Waals surface area (Å²) >= 11 is 9.04. The maximum Gasteiger partial charge on any atom is 0.277 e. The first-order chi connectivity index (χ1) is 10.3. The van der Waals surface area contributed by atoms with E-state index in [0.717, 1.165) is 16.2 Å². The van der Waals surface area contributed by atoms with Crippen molar-refractivity contribution in [3.05, 3.63) is 46.3 Å². The van der Waals surface area contributed by atoms with Crippen LogP contribution in [0.2, 0.25) is 5.02 Å². The highest BCUT2D eigenvalue weighted by Crippen LogP contribution is 2.31. The second-order valence-corrected chi connectivity index (χ2v) is 6.41. The SMILES string of the molecule is COc1ccc(Cl)cc1CSc1nnc(-c2cccs2)o1. The summed E-state index contributed by atoms with van der Waals surface area (Å²) in [6.45, 7) is 0. The van der Waals surface area contributed by atoms with Crippen LogP contribution in [0.5, 0.6) is 5.75 Å². The van der Waals surface area contributed by atoms with Crippen LogP contribution in [-0.2, 0) is 5.75 Å². The van der Waals surface area contributed by atoms with Crippen molar-refractivity contribution in [1.82, 2.24) is 10.2 Å². The Morgan fingerprint density at radius 3 is 3.00 bits per heavy atom. The van der Waals surface area contributed by atoms with Gasteiger partial charge in [0.05, 0.1) is 12.0 Å². The number of aromatic nitrogens is 2. The lowest BCUT2D eigenvalue weighted by Gasteiger charge is -2.07. The quantitative estimate of drug-likeness (QED) is 0.628. The average Bonchev–Trinajstić information content (AvgIpc) is 3.16. The minimum Gasteiger partial charge on any atom is -0.496 e. The molecular formula is C14H11ClN2O2S2. The zero-order valence-electron chi connectivity index (χ0n) is 11.1. The van der Waals surface area contributed by atoms with Crippen molar-refractivity contribution in [2.24, 2.45) is 0 Å². The zero-order valence-corrected chi connectivity index (χ0v) is 13.5. The second-order valence-electron chi connectivity index (χ2n) is 4.10. The molecule has 0 unspecified atom stereocenters. The van der Waals surface area contributed by atoms with Gasteiger partial charge in [-0.05, 0) is 29.6 Å². The first-order valence-corrected chi connectivity index (χ1v) is 8.33. The summed E-state index contributed by atoms with van der Waals surface area (Å²) in [5, 5.41) is 11.3. The molecule has 0 fully saturated rings. The summed E-state index contributed by atoms with van der Waals surface area (Å²) in [7, 11) is 1.64. The van der Waals surface area contributed by atoms with Crippen LogP contribution in [0.4, 0.5) is 0 Å². The minimum atomic E-state index is 0.528. The van der Waals surface area contributed by atoms with Crippen LogP contribution in [0.1, 0.15) is 5.56 Å². The highest BCUT2D eigenvalue weighted by Gasteiger charge is 2.11. The number of methoxy groups -OCH3 is 1. The summed E-state index contributed by atoms with van der Waals surface area (Å²) in [6.07, 6.45) is 0. The Balaban J connectivity index is 1.72. The highest BCUT2D eigenvalue weighted by molar-refractivity contribution is 7.98. The molecule has 0 saturated heterocycles. The van der Waals surface area contributed by atoms with Gasteiger partial charge in [-0.2, -0.15) is 0 Å². The third-order valence-corrected chi connectivity index (χ3v) is 4.69. The van der Waals surface area contributed by atoms with E-state index in [0.29, 0.717) is 21.9 Å². The molecule has 1 aromatic carbocycles. The first kappa shape index (κ1) is 14.4. The molecule has 4 nitrogen and oxygen atoms in total. The lowest BCUT2D eigenvalue weighted by Crippen LogP contribution is -1.90. The molecule has 0 aliphatic carbocycles. The van der Waals surface area contributed by atoms with Gasteiger partial charge in [0.15, 0.2) is 0 Å². The van der Waals surface area contributed by atoms with Gasteiger partial charge in [-0.25, -0.2) is 0 Å². The molecule has 2 heterocycles. The van der Waals surface area contributed by atoms with Gasteiger partial charge in [-0.3, -0.25) is 0 Å². The standard InChI is InChI=1S/C14H11ClN2O2S2/c1-18-11-5-4-10(15)7-9(11)8-21-14-17-16-13(19-14)12-3-2-6-20-12/h2-7H,8H2,1H3. The fourth-order valence-corrected chi connectivity index (χ4v) is 3.35. The van der Waals surface area contributed by atoms with Crippen molar-refractivity contribution in [3.63, 3.8) is 0 Å². The monoisotopic (exact) mass is 338 g/mol. The molecule has 0 N–H and O–H groups in total. The molecule has 21 heavy (non-hydrogen) atoms. The topological polar surface area (TPSA) is 48.2 Å². The van der Waals surface area contributed by atoms with Gasteiger partial charge in [0.25, 0.3) is 11.1 Å². The normalized spacial score (nSPS) is 10.8. The van der Waals surface area contributed by atoms with E-state index in [-0.39, 0.29) is 0 Å². The summed E-state index contributed by atoms with van der Waals surface area (Å²) in [5.41, 5.74) is 0.992. The number of nitrogens with zero attached hydrogens (tertiary/aromatic N) is 2. The lowest BCUT2D eigenvalue weighted by atomic mass is 10.2. The van der Waals surface area contributed by atoms with Crippen molar-refractivity contribution in [2.75, 3.05) is 7.11 Å². The molecule has 0 aliphatic heterocycles. The van der Waals surface area contributed by atoms with E-state index in [1.165, 1.54) is 11.8 Å². The number of thiophene rings is 1. The fraction of sp³-hybridized carbons (Fsp3) is 0.143. The Hall–Kier alpha value is -1.50. The largest absolute Gasteiger partial charge is 0.496 e. The number of rotatable bonds is 5. The summed E-state index contributed by atoms with van der Waals surface area (Å²) in [5.74, 6) is 1.99. The molecule has 3 rings (SSSR count). The molecule has 108 valence electrons. The minimum absolute atomic E-state index is 0.528. The highest BCUT2D eigenvalue weighted by atomic mass is 35.5. The van der Waals surface area contributed by atoms with Crippen LogP contribution in [-0.4, -0.2) is 17.3 Å². The van der Waals surface area contributed by atoms with E-state index in [9.17, 15) is 0 Å². The molecule has 7 heteroatoms. The van der Waals surface area contributed by atoms with Crippen LogP contribution in [0.3, 0.4) is 0 Å². The first-order valence-electron chi connectivity index (χ1n) is 6.09. The molecule has 0 amide bonds. The predicted octanol–water partition coefficient (Wildman–Crippen LogP) is 4.75. The predicted molar refractivity (Wildman–Crippen MR) is 85.2 cm³/mol. The third-order valence-electron chi connectivity index (χ3n) is 2.73. The molecule has 0 atom stereocenters. The lowest BCUT2D eigenvalue weighted by molar-refractivity contribution is 0.411. The van der Waals surface area contributed by atoms with Gasteiger partial charge in [0.2, 0.25) is 0 Å². The van der Waals surface area contributed by atoms with E-state index < -0.39 is 0 Å². The Kier molecular flexibility index (Phi) is 4.48. The van der Waals surface area contributed by atoms with Crippen LogP contribution < -0.4 is 4.74 Å². The van der Waals surface area contributed by atoms with E-state index in [2.05, 4.69) is 10.2 Å². The number of ether oxygens (including phenoxy) is 1. The van der Waals surface area contributed by atoms with Gasteiger partial charge in [0, 0.05) is 16.3 Å². The second kappa shape index (κ2) is 6.51. The van der Waals surface area contributed by atoms with Gasteiger partial charge in [-0.1, -0.05) is 29.4 Å². The average molecular weight is 339 g/mol. The molecular weight excluding hydrogens is 328 g/mol. The van der Waals surface area contributed by atoms with E-state index in [1.807, 2.05) is 29.6 Å². The number of hydrogen-bond acceptors (Lipinski definition) is 6. The molecule has 0 saturated carbocycles. The Morgan fingerprint density at radius 2 is 2.24 bits per heavy atom. The van der Waals surface area contributed by atoms with Crippen LogP contribution in [0.25, 0.3) is 10.8 Å². The molecule has 0 radical (unpaired) electrons. The van der Waals surface area contributed by atoms with Crippen LogP contribution in [0, 0.1) is 0 Å². The van der Waals surface area contributed by atoms with Crippen LogP contribution in [0.15, 0.2) is 45.4 Å². The Labute approximate surface area is 135 Å². The summed E-state index contributed by atoms with van der Waals surface area (Å²) in [6, 6.07) is 9.43. The van der Waals surface area contributed by atoms with Crippen molar-refractivity contribution in [2.45, 2.75) is 11.0 Å². The van der Waals surface area contributed by atoms with Gasteiger partial charge in [-0.15, -0.1) is 21.5 Å². The van der Waals surface area contributed by atoms with E-state index in [4.69, 9.17) is 20.8 Å². The maximum atomic E-state index is 6.01. The van der Waals surface area contributed by atoms with E-state index >= 15 is 0 Å². The van der Waals surface area contributed by atoms with Crippen molar-refractivity contribution in [1.29, 1.82) is 0 Å². The molecule has 3 aromatic rings. The fourth-order valence-electron chi connectivity index (χ4n) is 1.77. The molecule has 2 aromatic heterocycles. The number of halogens is 1. The van der Waals surface area contributed by atoms with Crippen molar-refractivity contribution < 1.29 is 9.15 Å². The Bertz CT molecular complexity index is 728. The van der Waals surface area contributed by atoms with Gasteiger partial charge < -0.3 is 9.15 Å². The summed E-state index contributed by atoms with van der Waals surface area (Å²) in [4.78, 5) is 0.967. The van der Waals surface area contributed by atoms with E-state index in [1.54, 1.807) is 24.5 Å². The molecule has 0 spiro atoms. The van der Waals surface area contributed by atoms with Crippen LogP contribution >= 0.6 is 34.7 Å². The number of benzene rings is 1. The number of hydrogen-bond donors (Lipinski definition) is 0. The Morgan fingerprint density at radius 1 is 1.33 bits per heavy atom. The molecule has 0 bridgehead atoms. The zero-order chi connectivity index (χ0) is 14.7. The smallest absolute Gasteiger partial charge is 0.277 e. The van der Waals surface area contributed by atoms with Gasteiger partial charge >= 0.3 is 0 Å². The maximum absolute atomic E-state index is 6.01. The van der Waals surface area contributed by atoms with Gasteiger partial charge in [0.1, 0.15) is 5.75 Å². The third kappa shape index (κ3) is 3.40. The van der Waals surface area contributed by atoms with Crippen molar-refractivity contribution in [3.8, 4) is 16.5 Å². The summed E-state index contributed by atoms with van der Waals surface area (Å²) < 4.78 is 10.9. The van der Waals surface area contributed by atoms with Crippen molar-refractivity contribution >= 4 is 34.7 Å².